The van der Waals surface area contributed by atoms with Crippen molar-refractivity contribution in [3.8, 4) is 11.1 Å². The van der Waals surface area contributed by atoms with Gasteiger partial charge in [-0.15, -0.1) is 0 Å². The number of alkyl carbamates (subject to hydrolysis) is 1. The van der Waals surface area contributed by atoms with Gasteiger partial charge < -0.3 is 15.2 Å². The largest absolute Gasteiger partial charge is 0.480 e. The Kier molecular flexibility index (Phi) is 5.86. The van der Waals surface area contributed by atoms with E-state index in [2.05, 4.69) is 41.7 Å². The Balaban J connectivity index is 1.17. The molecule has 2 aliphatic rings. The Morgan fingerprint density at radius 1 is 0.879 bits per heavy atom. The third-order valence-corrected chi connectivity index (χ3v) is 6.93. The average Bonchev–Trinajstić information content (AvgIpc) is 3.39. The molecule has 0 heterocycles. The van der Waals surface area contributed by atoms with Gasteiger partial charge in [-0.05, 0) is 65.0 Å². The van der Waals surface area contributed by atoms with Crippen molar-refractivity contribution in [1.82, 2.24) is 5.32 Å². The number of nitrogens with one attached hydrogen (secondary N) is 1. The molecule has 168 valence electrons. The van der Waals surface area contributed by atoms with Crippen molar-refractivity contribution >= 4 is 12.1 Å². The molecular weight excluding hydrogens is 414 g/mol. The van der Waals surface area contributed by atoms with Crippen molar-refractivity contribution < 1.29 is 19.4 Å². The maximum absolute atomic E-state index is 12.5. The van der Waals surface area contributed by atoms with Crippen molar-refractivity contribution in [3.05, 3.63) is 95.1 Å². The quantitative estimate of drug-likeness (QED) is 0.530. The van der Waals surface area contributed by atoms with Crippen LogP contribution < -0.4 is 5.32 Å². The standard InChI is InChI=1S/C28H27NO4/c30-27(31)26(14-13-18-15-19-7-1-2-8-20(19)16-18)29-28(32)33-17-25-23-11-5-3-9-21(23)22-10-4-6-12-24(22)25/h1-12,18,25-26H,13-17H2,(H,29,32)(H,30,31)/t26-/m0/s1. The van der Waals surface area contributed by atoms with Crippen LogP contribution in [0.2, 0.25) is 0 Å². The molecule has 0 spiro atoms. The van der Waals surface area contributed by atoms with Gasteiger partial charge in [-0.25, -0.2) is 9.59 Å². The van der Waals surface area contributed by atoms with Gasteiger partial charge in [0.1, 0.15) is 12.6 Å². The van der Waals surface area contributed by atoms with E-state index in [1.54, 1.807) is 0 Å². The zero-order chi connectivity index (χ0) is 22.8. The van der Waals surface area contributed by atoms with E-state index in [1.165, 1.54) is 11.1 Å². The first-order valence-electron chi connectivity index (χ1n) is 11.5. The van der Waals surface area contributed by atoms with Crippen molar-refractivity contribution in [2.45, 2.75) is 37.6 Å². The highest BCUT2D eigenvalue weighted by molar-refractivity contribution is 5.81. The van der Waals surface area contributed by atoms with Gasteiger partial charge in [-0.3, -0.25) is 0 Å². The normalized spacial score (nSPS) is 15.4. The van der Waals surface area contributed by atoms with E-state index in [9.17, 15) is 14.7 Å². The highest BCUT2D eigenvalue weighted by Crippen LogP contribution is 2.44. The fourth-order valence-electron chi connectivity index (χ4n) is 5.30. The molecule has 5 rings (SSSR count). The SMILES string of the molecule is O=C(N[C@@H](CCC1Cc2ccccc2C1)C(=O)O)OCC1c2ccccc2-c2ccccc21. The van der Waals surface area contributed by atoms with Gasteiger partial charge in [0.05, 0.1) is 0 Å². The molecule has 0 saturated heterocycles. The number of benzene rings is 3. The summed E-state index contributed by atoms with van der Waals surface area (Å²) in [5.74, 6) is -0.670. The second kappa shape index (κ2) is 9.10. The van der Waals surface area contributed by atoms with Gasteiger partial charge >= 0.3 is 12.1 Å². The van der Waals surface area contributed by atoms with Crippen molar-refractivity contribution in [2.24, 2.45) is 5.92 Å². The Morgan fingerprint density at radius 3 is 2.00 bits per heavy atom. The van der Waals surface area contributed by atoms with Gasteiger partial charge in [-0.1, -0.05) is 72.8 Å². The molecule has 2 N–H and O–H groups in total. The van der Waals surface area contributed by atoms with Gasteiger partial charge in [-0.2, -0.15) is 0 Å². The van der Waals surface area contributed by atoms with E-state index in [1.807, 2.05) is 36.4 Å². The average molecular weight is 442 g/mol. The number of carbonyl (C=O) groups is 2. The second-order valence-electron chi connectivity index (χ2n) is 8.98. The predicted octanol–water partition coefficient (Wildman–Crippen LogP) is 5.17. The number of fused-ring (bicyclic) bond motifs is 4. The lowest BCUT2D eigenvalue weighted by Crippen LogP contribution is -2.41. The lowest BCUT2D eigenvalue weighted by atomic mass is 9.97. The molecule has 0 fully saturated rings. The van der Waals surface area contributed by atoms with Crippen molar-refractivity contribution in [2.75, 3.05) is 6.61 Å². The van der Waals surface area contributed by atoms with Crippen LogP contribution in [-0.4, -0.2) is 29.8 Å². The minimum absolute atomic E-state index is 0.0524. The highest BCUT2D eigenvalue weighted by atomic mass is 16.5. The fraction of sp³-hybridized carbons (Fsp3) is 0.286. The molecular formula is C28H27NO4. The summed E-state index contributed by atoms with van der Waals surface area (Å²) in [6, 6.07) is 23.7. The van der Waals surface area contributed by atoms with E-state index < -0.39 is 18.1 Å². The van der Waals surface area contributed by atoms with Crippen LogP contribution in [0, 0.1) is 5.92 Å². The topological polar surface area (TPSA) is 75.6 Å². The molecule has 0 bridgehead atoms. The minimum Gasteiger partial charge on any atom is -0.480 e. The molecule has 0 radical (unpaired) electrons. The summed E-state index contributed by atoms with van der Waals surface area (Å²) in [5.41, 5.74) is 7.26. The number of ether oxygens (including phenoxy) is 1. The zero-order valence-corrected chi connectivity index (χ0v) is 18.4. The van der Waals surface area contributed by atoms with Gasteiger partial charge in [0.25, 0.3) is 0 Å². The molecule has 0 saturated carbocycles. The van der Waals surface area contributed by atoms with Gasteiger partial charge in [0.2, 0.25) is 0 Å². The zero-order valence-electron chi connectivity index (χ0n) is 18.4. The summed E-state index contributed by atoms with van der Waals surface area (Å²) in [6.07, 6.45) is 2.38. The minimum atomic E-state index is -1.03. The summed E-state index contributed by atoms with van der Waals surface area (Å²) in [6.45, 7) is 0.171. The number of carboxylic acid groups (broad SMARTS) is 1. The third-order valence-electron chi connectivity index (χ3n) is 6.93. The molecule has 2 aliphatic carbocycles. The molecule has 0 aliphatic heterocycles. The smallest absolute Gasteiger partial charge is 0.407 e. The first kappa shape index (κ1) is 21.3. The van der Waals surface area contributed by atoms with Crippen molar-refractivity contribution in [1.29, 1.82) is 0 Å². The molecule has 3 aromatic rings. The molecule has 0 unspecified atom stereocenters. The van der Waals surface area contributed by atoms with E-state index in [0.717, 1.165) is 41.5 Å². The van der Waals surface area contributed by atoms with Crippen molar-refractivity contribution in [3.63, 3.8) is 0 Å². The van der Waals surface area contributed by atoms with Gasteiger partial charge in [0.15, 0.2) is 0 Å². The number of carbonyl (C=O) groups excluding carboxylic acids is 1. The molecule has 5 nitrogen and oxygen atoms in total. The summed E-state index contributed by atoms with van der Waals surface area (Å²) >= 11 is 0. The Bertz CT molecular complexity index is 1120. The number of hydrogen-bond acceptors (Lipinski definition) is 3. The maximum atomic E-state index is 12.5. The maximum Gasteiger partial charge on any atom is 0.407 e. The highest BCUT2D eigenvalue weighted by Gasteiger charge is 2.30. The summed E-state index contributed by atoms with van der Waals surface area (Å²) in [7, 11) is 0. The first-order valence-corrected chi connectivity index (χ1v) is 11.5. The van der Waals surface area contributed by atoms with Crippen LogP contribution >= 0.6 is 0 Å². The van der Waals surface area contributed by atoms with Crippen LogP contribution in [0.5, 0.6) is 0 Å². The van der Waals surface area contributed by atoms with E-state index >= 15 is 0 Å². The molecule has 0 aromatic heterocycles. The van der Waals surface area contributed by atoms with Crippen LogP contribution in [0.3, 0.4) is 0 Å². The third kappa shape index (κ3) is 4.36. The monoisotopic (exact) mass is 441 g/mol. The Labute approximate surface area is 193 Å². The first-order chi connectivity index (χ1) is 16.1. The predicted molar refractivity (Wildman–Crippen MR) is 126 cm³/mol. The summed E-state index contributed by atoms with van der Waals surface area (Å²) in [5, 5.41) is 12.2. The van der Waals surface area contributed by atoms with Crippen LogP contribution in [0.15, 0.2) is 72.8 Å². The van der Waals surface area contributed by atoms with Crippen LogP contribution in [-0.2, 0) is 22.4 Å². The lowest BCUT2D eigenvalue weighted by molar-refractivity contribution is -0.139. The number of rotatable bonds is 7. The van der Waals surface area contributed by atoms with E-state index in [4.69, 9.17) is 4.74 Å². The van der Waals surface area contributed by atoms with E-state index in [0.29, 0.717) is 12.3 Å². The van der Waals surface area contributed by atoms with Gasteiger partial charge in [0, 0.05) is 5.92 Å². The number of hydrogen-bond donors (Lipinski definition) is 2. The number of carboxylic acids is 1. The van der Waals surface area contributed by atoms with Crippen LogP contribution in [0.1, 0.15) is 41.0 Å². The number of aliphatic carboxylic acids is 1. The van der Waals surface area contributed by atoms with Crippen LogP contribution in [0.25, 0.3) is 11.1 Å². The molecule has 3 aromatic carbocycles. The molecule has 5 heteroatoms. The number of amides is 1. The molecule has 1 amide bonds. The Hall–Kier alpha value is -3.60. The lowest BCUT2D eigenvalue weighted by Gasteiger charge is -2.18. The second-order valence-corrected chi connectivity index (χ2v) is 8.98. The molecule has 1 atom stereocenters. The fourth-order valence-corrected chi connectivity index (χ4v) is 5.30. The van der Waals surface area contributed by atoms with E-state index in [-0.39, 0.29) is 12.5 Å². The summed E-state index contributed by atoms with van der Waals surface area (Å²) in [4.78, 5) is 24.3. The summed E-state index contributed by atoms with van der Waals surface area (Å²) < 4.78 is 5.53. The Morgan fingerprint density at radius 2 is 1.42 bits per heavy atom. The molecule has 33 heavy (non-hydrogen) atoms. The van der Waals surface area contributed by atoms with Crippen LogP contribution in [0.4, 0.5) is 4.79 Å².